The number of thioether (sulfide) groups is 1. The number of hydrogen-bond acceptors (Lipinski definition) is 4. The van der Waals surface area contributed by atoms with Crippen molar-refractivity contribution in [3.8, 4) is 0 Å². The van der Waals surface area contributed by atoms with E-state index >= 15 is 0 Å². The van der Waals surface area contributed by atoms with Gasteiger partial charge in [0.05, 0.1) is 13.1 Å². The van der Waals surface area contributed by atoms with Crippen LogP contribution in [0.4, 0.5) is 0 Å². The molecule has 1 N–H and O–H groups in total. The van der Waals surface area contributed by atoms with Crippen LogP contribution >= 0.6 is 11.8 Å². The van der Waals surface area contributed by atoms with Crippen LogP contribution in [0.5, 0.6) is 0 Å². The normalized spacial score (nSPS) is 13.3. The van der Waals surface area contributed by atoms with E-state index in [1.54, 1.807) is 0 Å². The van der Waals surface area contributed by atoms with Gasteiger partial charge in [-0.25, -0.2) is 0 Å². The molecule has 0 saturated carbocycles. The number of furan rings is 1. The van der Waals surface area contributed by atoms with Gasteiger partial charge in [-0.3, -0.25) is 4.90 Å². The number of hydrogen-bond donors (Lipinski definition) is 1. The molecule has 0 radical (unpaired) electrons. The fourth-order valence-corrected chi connectivity index (χ4v) is 2.51. The summed E-state index contributed by atoms with van der Waals surface area (Å²) in [5.41, 5.74) is 1.24. The van der Waals surface area contributed by atoms with Crippen LogP contribution in [0.1, 0.15) is 24.0 Å². The van der Waals surface area contributed by atoms with Gasteiger partial charge in [-0.15, -0.1) is 0 Å². The van der Waals surface area contributed by atoms with Gasteiger partial charge in [0.1, 0.15) is 11.5 Å². The molecule has 0 bridgehead atoms. The van der Waals surface area contributed by atoms with Crippen LogP contribution in [-0.4, -0.2) is 37.0 Å². The molecule has 0 aliphatic rings. The Labute approximate surface area is 109 Å². The summed E-state index contributed by atoms with van der Waals surface area (Å²) in [6.07, 6.45) is 2.15. The van der Waals surface area contributed by atoms with E-state index in [4.69, 9.17) is 4.42 Å². The first-order valence-electron chi connectivity index (χ1n) is 6.00. The van der Waals surface area contributed by atoms with Crippen LogP contribution < -0.4 is 5.32 Å². The first-order chi connectivity index (χ1) is 8.08. The Hall–Kier alpha value is -0.450. The largest absolute Gasteiger partial charge is 0.463 e. The van der Waals surface area contributed by atoms with Gasteiger partial charge in [-0.2, -0.15) is 11.8 Å². The smallest absolute Gasteiger partial charge is 0.120 e. The molecule has 1 aromatic rings. The zero-order chi connectivity index (χ0) is 12.8. The first kappa shape index (κ1) is 14.6. The van der Waals surface area contributed by atoms with Gasteiger partial charge >= 0.3 is 0 Å². The third-order valence-electron chi connectivity index (χ3n) is 2.97. The lowest BCUT2D eigenvalue weighted by Gasteiger charge is -2.22. The van der Waals surface area contributed by atoms with Gasteiger partial charge in [0.25, 0.3) is 0 Å². The van der Waals surface area contributed by atoms with E-state index in [2.05, 4.69) is 43.4 Å². The highest BCUT2D eigenvalue weighted by Gasteiger charge is 2.13. The maximum atomic E-state index is 5.84. The topological polar surface area (TPSA) is 28.4 Å². The molecule has 1 heterocycles. The van der Waals surface area contributed by atoms with Gasteiger partial charge in [0, 0.05) is 11.8 Å². The number of rotatable bonds is 7. The van der Waals surface area contributed by atoms with E-state index in [-0.39, 0.29) is 0 Å². The number of aryl methyl sites for hydroxylation is 1. The predicted octanol–water partition coefficient (Wildman–Crippen LogP) is 2.49. The van der Waals surface area contributed by atoms with Crippen molar-refractivity contribution in [3.05, 3.63) is 23.2 Å². The van der Waals surface area contributed by atoms with E-state index in [0.717, 1.165) is 30.4 Å². The number of nitrogens with zero attached hydrogens (tertiary/aromatic N) is 1. The maximum absolute atomic E-state index is 5.84. The Morgan fingerprint density at radius 3 is 2.82 bits per heavy atom. The summed E-state index contributed by atoms with van der Waals surface area (Å²) in [5, 5.41) is 3.12. The lowest BCUT2D eigenvalue weighted by molar-refractivity contribution is 0.244. The standard InChI is InChI=1S/C13H24N2OS/c1-10-6-12(16-13(10)7-14-3)8-15(4)11(2)9-17-5/h6,11,14H,7-9H2,1-5H3. The van der Waals surface area contributed by atoms with Crippen LogP contribution in [0.15, 0.2) is 10.5 Å². The van der Waals surface area contributed by atoms with Crippen molar-refractivity contribution in [2.45, 2.75) is 33.0 Å². The second-order valence-corrected chi connectivity index (χ2v) is 5.48. The van der Waals surface area contributed by atoms with Crippen LogP contribution in [0.3, 0.4) is 0 Å². The van der Waals surface area contributed by atoms with Crippen molar-refractivity contribution in [2.75, 3.05) is 26.1 Å². The first-order valence-corrected chi connectivity index (χ1v) is 7.39. The fraction of sp³-hybridized carbons (Fsp3) is 0.692. The van der Waals surface area contributed by atoms with E-state index in [1.807, 2.05) is 18.8 Å². The molecule has 3 nitrogen and oxygen atoms in total. The van der Waals surface area contributed by atoms with Crippen LogP contribution in [0.2, 0.25) is 0 Å². The molecule has 0 aliphatic heterocycles. The molecule has 0 aromatic carbocycles. The summed E-state index contributed by atoms with van der Waals surface area (Å²) in [4.78, 5) is 2.33. The zero-order valence-corrected chi connectivity index (χ0v) is 12.4. The molecule has 4 heteroatoms. The van der Waals surface area contributed by atoms with Crippen molar-refractivity contribution >= 4 is 11.8 Å². The molecule has 0 saturated heterocycles. The maximum Gasteiger partial charge on any atom is 0.120 e. The Bertz CT molecular complexity index is 338. The van der Waals surface area contributed by atoms with E-state index in [9.17, 15) is 0 Å². The highest BCUT2D eigenvalue weighted by Crippen LogP contribution is 2.17. The zero-order valence-electron chi connectivity index (χ0n) is 11.5. The van der Waals surface area contributed by atoms with Crippen molar-refractivity contribution in [3.63, 3.8) is 0 Å². The minimum atomic E-state index is 0.572. The van der Waals surface area contributed by atoms with Gasteiger partial charge in [-0.1, -0.05) is 0 Å². The Morgan fingerprint density at radius 2 is 2.24 bits per heavy atom. The predicted molar refractivity (Wildman–Crippen MR) is 75.5 cm³/mol. The lowest BCUT2D eigenvalue weighted by atomic mass is 10.2. The third kappa shape index (κ3) is 4.37. The van der Waals surface area contributed by atoms with Gasteiger partial charge < -0.3 is 9.73 Å². The van der Waals surface area contributed by atoms with Crippen LogP contribution in [0.25, 0.3) is 0 Å². The monoisotopic (exact) mass is 256 g/mol. The molecule has 17 heavy (non-hydrogen) atoms. The summed E-state index contributed by atoms with van der Waals surface area (Å²) >= 11 is 1.88. The van der Waals surface area contributed by atoms with Crippen LogP contribution in [-0.2, 0) is 13.1 Å². The average Bonchev–Trinajstić information content (AvgIpc) is 2.60. The van der Waals surface area contributed by atoms with Gasteiger partial charge in [0.2, 0.25) is 0 Å². The fourth-order valence-electron chi connectivity index (χ4n) is 1.77. The molecule has 0 aliphatic carbocycles. The van der Waals surface area contributed by atoms with Crippen molar-refractivity contribution in [2.24, 2.45) is 0 Å². The molecule has 0 fully saturated rings. The SMILES string of the molecule is CNCc1oc(CN(C)C(C)CSC)cc1C. The quantitative estimate of drug-likeness (QED) is 0.811. The van der Waals surface area contributed by atoms with Crippen molar-refractivity contribution in [1.82, 2.24) is 10.2 Å². The molecule has 0 amide bonds. The van der Waals surface area contributed by atoms with E-state index in [0.29, 0.717) is 6.04 Å². The lowest BCUT2D eigenvalue weighted by Crippen LogP contribution is -2.30. The average molecular weight is 256 g/mol. The number of nitrogens with one attached hydrogen (secondary N) is 1. The second-order valence-electron chi connectivity index (χ2n) is 4.57. The van der Waals surface area contributed by atoms with E-state index in [1.165, 1.54) is 5.56 Å². The van der Waals surface area contributed by atoms with Gasteiger partial charge in [0.15, 0.2) is 0 Å². The molecule has 98 valence electrons. The van der Waals surface area contributed by atoms with Gasteiger partial charge in [-0.05, 0) is 45.8 Å². The second kappa shape index (κ2) is 7.09. The van der Waals surface area contributed by atoms with Crippen LogP contribution in [0, 0.1) is 6.92 Å². The molecule has 1 unspecified atom stereocenters. The molecular formula is C13H24N2OS. The molecule has 1 aromatic heterocycles. The van der Waals surface area contributed by atoms with Crippen molar-refractivity contribution < 1.29 is 4.42 Å². The highest BCUT2D eigenvalue weighted by molar-refractivity contribution is 7.98. The minimum absolute atomic E-state index is 0.572. The molecule has 0 spiro atoms. The molecule has 1 rings (SSSR count). The Balaban J connectivity index is 2.59. The summed E-state index contributed by atoms with van der Waals surface area (Å²) < 4.78 is 5.84. The summed E-state index contributed by atoms with van der Waals surface area (Å²) in [6, 6.07) is 2.72. The Morgan fingerprint density at radius 1 is 1.53 bits per heavy atom. The molecular weight excluding hydrogens is 232 g/mol. The minimum Gasteiger partial charge on any atom is -0.463 e. The molecule has 1 atom stereocenters. The van der Waals surface area contributed by atoms with E-state index < -0.39 is 0 Å². The summed E-state index contributed by atoms with van der Waals surface area (Å²) in [6.45, 7) is 6.04. The highest BCUT2D eigenvalue weighted by atomic mass is 32.2. The summed E-state index contributed by atoms with van der Waals surface area (Å²) in [7, 11) is 4.09. The Kier molecular flexibility index (Phi) is 6.09. The third-order valence-corrected chi connectivity index (χ3v) is 3.79. The summed E-state index contributed by atoms with van der Waals surface area (Å²) in [5.74, 6) is 3.26. The van der Waals surface area contributed by atoms with Crippen molar-refractivity contribution in [1.29, 1.82) is 0 Å².